The van der Waals surface area contributed by atoms with E-state index in [-0.39, 0.29) is 4.90 Å². The van der Waals surface area contributed by atoms with Gasteiger partial charge in [0.2, 0.25) is 0 Å². The van der Waals surface area contributed by atoms with Gasteiger partial charge in [-0.15, -0.1) is 11.8 Å². The van der Waals surface area contributed by atoms with E-state index in [2.05, 4.69) is 19.2 Å². The molecule has 0 bridgehead atoms. The standard InChI is InChI=1S/C15H23F2NS/c1-10(2)5-6-19-15-13(16)7-12(8-14(15)17)9-18-11(3)4/h7-8,10-11,18H,5-6,9H2,1-4H3. The number of halogens is 2. The first-order valence-corrected chi connectivity index (χ1v) is 7.72. The molecule has 1 aromatic rings. The number of rotatable bonds is 7. The largest absolute Gasteiger partial charge is 0.310 e. The summed E-state index contributed by atoms with van der Waals surface area (Å²) >= 11 is 1.26. The fraction of sp³-hybridized carbons (Fsp3) is 0.600. The molecule has 0 heterocycles. The van der Waals surface area contributed by atoms with E-state index >= 15 is 0 Å². The lowest BCUT2D eigenvalue weighted by Gasteiger charge is -2.11. The van der Waals surface area contributed by atoms with E-state index in [1.807, 2.05) is 13.8 Å². The second kappa shape index (κ2) is 7.85. The molecule has 0 fully saturated rings. The molecule has 1 rings (SSSR count). The Labute approximate surface area is 119 Å². The monoisotopic (exact) mass is 287 g/mol. The molecule has 1 N–H and O–H groups in total. The van der Waals surface area contributed by atoms with Gasteiger partial charge in [0.15, 0.2) is 0 Å². The predicted molar refractivity (Wildman–Crippen MR) is 78.5 cm³/mol. The van der Waals surface area contributed by atoms with Crippen LogP contribution >= 0.6 is 11.8 Å². The zero-order valence-corrected chi connectivity index (χ0v) is 12.9. The van der Waals surface area contributed by atoms with Crippen LogP contribution in [0, 0.1) is 17.6 Å². The van der Waals surface area contributed by atoms with Crippen molar-refractivity contribution in [1.82, 2.24) is 5.32 Å². The van der Waals surface area contributed by atoms with Gasteiger partial charge in [-0.3, -0.25) is 0 Å². The minimum absolute atomic E-state index is 0.147. The smallest absolute Gasteiger partial charge is 0.140 e. The van der Waals surface area contributed by atoms with Crippen molar-refractivity contribution in [2.45, 2.75) is 51.6 Å². The van der Waals surface area contributed by atoms with Gasteiger partial charge in [-0.25, -0.2) is 8.78 Å². The summed E-state index contributed by atoms with van der Waals surface area (Å²) < 4.78 is 27.7. The Balaban J connectivity index is 2.68. The van der Waals surface area contributed by atoms with Gasteiger partial charge >= 0.3 is 0 Å². The van der Waals surface area contributed by atoms with Crippen molar-refractivity contribution in [3.8, 4) is 0 Å². The predicted octanol–water partition coefficient (Wildman–Crippen LogP) is 4.60. The molecule has 0 aliphatic heterocycles. The maximum absolute atomic E-state index is 13.9. The first-order valence-electron chi connectivity index (χ1n) is 6.74. The highest BCUT2D eigenvalue weighted by Crippen LogP contribution is 2.27. The maximum Gasteiger partial charge on any atom is 0.140 e. The van der Waals surface area contributed by atoms with E-state index < -0.39 is 11.6 Å². The molecule has 0 aromatic heterocycles. The second-order valence-electron chi connectivity index (χ2n) is 5.46. The summed E-state index contributed by atoms with van der Waals surface area (Å²) in [7, 11) is 0. The molecule has 4 heteroatoms. The first-order chi connectivity index (χ1) is 8.90. The van der Waals surface area contributed by atoms with Crippen molar-refractivity contribution < 1.29 is 8.78 Å². The number of hydrogen-bond acceptors (Lipinski definition) is 2. The van der Waals surface area contributed by atoms with Crippen LogP contribution in [-0.2, 0) is 6.54 Å². The third-order valence-corrected chi connectivity index (χ3v) is 3.83. The van der Waals surface area contributed by atoms with Crippen LogP contribution in [0.1, 0.15) is 39.7 Å². The number of benzene rings is 1. The van der Waals surface area contributed by atoms with Gasteiger partial charge in [-0.2, -0.15) is 0 Å². The summed E-state index contributed by atoms with van der Waals surface area (Å²) in [6, 6.07) is 3.15. The van der Waals surface area contributed by atoms with Gasteiger partial charge in [0, 0.05) is 12.6 Å². The summed E-state index contributed by atoms with van der Waals surface area (Å²) in [6.07, 6.45) is 0.959. The average molecular weight is 287 g/mol. The summed E-state index contributed by atoms with van der Waals surface area (Å²) in [6.45, 7) is 8.70. The Morgan fingerprint density at radius 1 is 1.11 bits per heavy atom. The quantitative estimate of drug-likeness (QED) is 0.735. The molecular formula is C15H23F2NS. The second-order valence-corrected chi connectivity index (χ2v) is 6.56. The Morgan fingerprint density at radius 2 is 1.68 bits per heavy atom. The summed E-state index contributed by atoms with van der Waals surface area (Å²) in [5.74, 6) is 0.395. The van der Waals surface area contributed by atoms with E-state index in [1.165, 1.54) is 23.9 Å². The molecule has 0 saturated carbocycles. The fourth-order valence-corrected chi connectivity index (χ4v) is 2.76. The van der Waals surface area contributed by atoms with Crippen molar-refractivity contribution in [1.29, 1.82) is 0 Å². The third-order valence-electron chi connectivity index (χ3n) is 2.71. The van der Waals surface area contributed by atoms with Crippen molar-refractivity contribution >= 4 is 11.8 Å². The van der Waals surface area contributed by atoms with Crippen LogP contribution in [0.3, 0.4) is 0 Å². The molecule has 1 aromatic carbocycles. The molecule has 0 spiro atoms. The van der Waals surface area contributed by atoms with E-state index in [0.717, 1.165) is 12.2 Å². The van der Waals surface area contributed by atoms with Crippen LogP contribution in [0.25, 0.3) is 0 Å². The number of hydrogen-bond donors (Lipinski definition) is 1. The SMILES string of the molecule is CC(C)CCSc1c(F)cc(CNC(C)C)cc1F. The van der Waals surface area contributed by atoms with E-state index in [4.69, 9.17) is 0 Å². The Kier molecular flexibility index (Phi) is 6.80. The van der Waals surface area contributed by atoms with Gasteiger partial charge in [0.1, 0.15) is 11.6 Å². The number of nitrogens with one attached hydrogen (secondary N) is 1. The lowest BCUT2D eigenvalue weighted by Crippen LogP contribution is -2.22. The fourth-order valence-electron chi connectivity index (χ4n) is 1.57. The molecule has 0 atom stereocenters. The van der Waals surface area contributed by atoms with Gasteiger partial charge in [0.25, 0.3) is 0 Å². The summed E-state index contributed by atoms with van der Waals surface area (Å²) in [5.41, 5.74) is 0.650. The highest BCUT2D eigenvalue weighted by molar-refractivity contribution is 7.99. The molecule has 108 valence electrons. The Morgan fingerprint density at radius 3 is 2.16 bits per heavy atom. The van der Waals surface area contributed by atoms with Crippen LogP contribution in [0.15, 0.2) is 17.0 Å². The van der Waals surface area contributed by atoms with E-state index in [0.29, 0.717) is 24.1 Å². The van der Waals surface area contributed by atoms with Crippen LogP contribution < -0.4 is 5.32 Å². The molecule has 0 aliphatic carbocycles. The molecule has 0 unspecified atom stereocenters. The van der Waals surface area contributed by atoms with Crippen LogP contribution in [0.4, 0.5) is 8.78 Å². The molecule has 0 radical (unpaired) electrons. The zero-order chi connectivity index (χ0) is 14.4. The van der Waals surface area contributed by atoms with Crippen molar-refractivity contribution in [2.24, 2.45) is 5.92 Å². The molecule has 0 aliphatic rings. The third kappa shape index (κ3) is 5.91. The van der Waals surface area contributed by atoms with Gasteiger partial charge < -0.3 is 5.32 Å². The first kappa shape index (κ1) is 16.4. The van der Waals surface area contributed by atoms with Crippen molar-refractivity contribution in [3.63, 3.8) is 0 Å². The van der Waals surface area contributed by atoms with Crippen LogP contribution in [0.2, 0.25) is 0 Å². The molecule has 0 amide bonds. The van der Waals surface area contributed by atoms with E-state index in [9.17, 15) is 8.78 Å². The van der Waals surface area contributed by atoms with Gasteiger partial charge in [-0.05, 0) is 35.8 Å². The molecule has 1 nitrogen and oxygen atoms in total. The van der Waals surface area contributed by atoms with Crippen LogP contribution in [-0.4, -0.2) is 11.8 Å². The van der Waals surface area contributed by atoms with Crippen molar-refractivity contribution in [3.05, 3.63) is 29.3 Å². The lowest BCUT2D eigenvalue weighted by atomic mass is 10.2. The van der Waals surface area contributed by atoms with Crippen molar-refractivity contribution in [2.75, 3.05) is 5.75 Å². The zero-order valence-electron chi connectivity index (χ0n) is 12.1. The summed E-state index contributed by atoms with van der Waals surface area (Å²) in [5, 5.41) is 3.15. The topological polar surface area (TPSA) is 12.0 Å². The van der Waals surface area contributed by atoms with Gasteiger partial charge in [0.05, 0.1) is 4.90 Å². The highest BCUT2D eigenvalue weighted by Gasteiger charge is 2.12. The average Bonchev–Trinajstić information content (AvgIpc) is 2.29. The molecule has 0 saturated heterocycles. The van der Waals surface area contributed by atoms with E-state index in [1.54, 1.807) is 0 Å². The lowest BCUT2D eigenvalue weighted by molar-refractivity contribution is 0.528. The normalized spacial score (nSPS) is 11.6. The maximum atomic E-state index is 13.9. The minimum Gasteiger partial charge on any atom is -0.310 e. The highest BCUT2D eigenvalue weighted by atomic mass is 32.2. The van der Waals surface area contributed by atoms with Crippen LogP contribution in [0.5, 0.6) is 0 Å². The van der Waals surface area contributed by atoms with Gasteiger partial charge in [-0.1, -0.05) is 27.7 Å². The number of thioether (sulfide) groups is 1. The molecule has 19 heavy (non-hydrogen) atoms. The Bertz CT molecular complexity index is 382. The molecular weight excluding hydrogens is 264 g/mol. The Hall–Kier alpha value is -0.610. The minimum atomic E-state index is -0.450. The summed E-state index contributed by atoms with van der Waals surface area (Å²) in [4.78, 5) is 0.147.